The van der Waals surface area contributed by atoms with E-state index >= 15 is 0 Å². The quantitative estimate of drug-likeness (QED) is 0.523. The number of hydrogen-bond acceptors (Lipinski definition) is 3. The van der Waals surface area contributed by atoms with Crippen LogP contribution in [-0.2, 0) is 0 Å². The first kappa shape index (κ1) is 14.5. The second-order valence-electron chi connectivity index (χ2n) is 5.20. The normalized spacial score (nSPS) is 12.4. The molecule has 0 saturated heterocycles. The van der Waals surface area contributed by atoms with Crippen molar-refractivity contribution in [1.29, 1.82) is 0 Å². The standard InChI is InChI=1S/C18H17N3S/c1-12(2)6-7-19-13(3)14-4-5-15-11-17(21-16(15)10-14)18-20-8-9-22-18/h4-11,21H,1H2,2-3H3/b7-6-,19-13?. The van der Waals surface area contributed by atoms with Crippen molar-refractivity contribution in [1.82, 2.24) is 9.97 Å². The van der Waals surface area contributed by atoms with Crippen LogP contribution in [0.25, 0.3) is 21.6 Å². The number of allylic oxidation sites excluding steroid dienone is 2. The molecule has 4 heteroatoms. The highest BCUT2D eigenvalue weighted by atomic mass is 32.1. The molecule has 3 nitrogen and oxygen atoms in total. The molecule has 2 aromatic heterocycles. The number of nitrogens with zero attached hydrogens (tertiary/aromatic N) is 2. The van der Waals surface area contributed by atoms with Gasteiger partial charge in [0, 0.05) is 34.4 Å². The Balaban J connectivity index is 1.94. The highest BCUT2D eigenvalue weighted by Gasteiger charge is 2.06. The second-order valence-corrected chi connectivity index (χ2v) is 6.09. The topological polar surface area (TPSA) is 41.0 Å². The molecule has 110 valence electrons. The lowest BCUT2D eigenvalue weighted by Gasteiger charge is -1.99. The molecule has 0 spiro atoms. The Labute approximate surface area is 133 Å². The predicted molar refractivity (Wildman–Crippen MR) is 95.6 cm³/mol. The number of rotatable bonds is 4. The first-order valence-corrected chi connectivity index (χ1v) is 7.91. The van der Waals surface area contributed by atoms with Gasteiger partial charge in [-0.15, -0.1) is 11.3 Å². The maximum absolute atomic E-state index is 4.45. The molecule has 3 rings (SSSR count). The second kappa shape index (κ2) is 6.12. The number of nitrogens with one attached hydrogen (secondary N) is 1. The smallest absolute Gasteiger partial charge is 0.139 e. The van der Waals surface area contributed by atoms with Gasteiger partial charge in [0.25, 0.3) is 0 Å². The van der Waals surface area contributed by atoms with Crippen molar-refractivity contribution >= 4 is 28.0 Å². The van der Waals surface area contributed by atoms with E-state index in [-0.39, 0.29) is 0 Å². The fraction of sp³-hybridized carbons (Fsp3) is 0.111. The van der Waals surface area contributed by atoms with Gasteiger partial charge in [-0.1, -0.05) is 24.3 Å². The summed E-state index contributed by atoms with van der Waals surface area (Å²) in [5.74, 6) is 0. The van der Waals surface area contributed by atoms with Crippen LogP contribution in [0.1, 0.15) is 19.4 Å². The Bertz CT molecular complexity index is 867. The fourth-order valence-electron chi connectivity index (χ4n) is 2.17. The summed E-state index contributed by atoms with van der Waals surface area (Å²) in [6.45, 7) is 7.79. The van der Waals surface area contributed by atoms with Crippen LogP contribution in [0.4, 0.5) is 0 Å². The fourth-order valence-corrected chi connectivity index (χ4v) is 2.78. The van der Waals surface area contributed by atoms with Gasteiger partial charge in [-0.25, -0.2) is 4.98 Å². The zero-order valence-corrected chi connectivity index (χ0v) is 13.4. The molecule has 0 amide bonds. The van der Waals surface area contributed by atoms with E-state index in [0.717, 1.165) is 33.1 Å². The van der Waals surface area contributed by atoms with E-state index in [2.05, 4.69) is 45.8 Å². The highest BCUT2D eigenvalue weighted by Crippen LogP contribution is 2.26. The zero-order chi connectivity index (χ0) is 15.5. The van der Waals surface area contributed by atoms with Crippen LogP contribution < -0.4 is 0 Å². The van der Waals surface area contributed by atoms with E-state index in [9.17, 15) is 0 Å². The largest absolute Gasteiger partial charge is 0.353 e. The van der Waals surface area contributed by atoms with Gasteiger partial charge in [0.2, 0.25) is 0 Å². The van der Waals surface area contributed by atoms with Crippen LogP contribution in [0.2, 0.25) is 0 Å². The number of aromatic amines is 1. The van der Waals surface area contributed by atoms with Crippen molar-refractivity contribution in [3.05, 3.63) is 65.8 Å². The van der Waals surface area contributed by atoms with Gasteiger partial charge in [0.15, 0.2) is 0 Å². The molecule has 0 bridgehead atoms. The van der Waals surface area contributed by atoms with E-state index in [1.807, 2.05) is 31.5 Å². The van der Waals surface area contributed by atoms with Crippen LogP contribution in [0.5, 0.6) is 0 Å². The summed E-state index contributed by atoms with van der Waals surface area (Å²) in [5, 5.41) is 4.17. The summed E-state index contributed by atoms with van der Waals surface area (Å²) < 4.78 is 0. The Kier molecular flexibility index (Phi) is 4.02. The van der Waals surface area contributed by atoms with E-state index in [1.165, 1.54) is 5.39 Å². The van der Waals surface area contributed by atoms with E-state index in [0.29, 0.717) is 0 Å². The average molecular weight is 307 g/mol. The van der Waals surface area contributed by atoms with Crippen LogP contribution in [0.15, 0.2) is 65.3 Å². The molecule has 0 aliphatic carbocycles. The third-order valence-corrected chi connectivity index (χ3v) is 4.14. The molecule has 0 aliphatic rings. The first-order valence-electron chi connectivity index (χ1n) is 7.03. The first-order chi connectivity index (χ1) is 10.6. The molecule has 2 heterocycles. The van der Waals surface area contributed by atoms with Crippen molar-refractivity contribution in [2.75, 3.05) is 0 Å². The lowest BCUT2D eigenvalue weighted by molar-refractivity contribution is 1.36. The molecule has 0 unspecified atom stereocenters. The van der Waals surface area contributed by atoms with Gasteiger partial charge >= 0.3 is 0 Å². The molecule has 0 saturated carbocycles. The van der Waals surface area contributed by atoms with Crippen LogP contribution in [0.3, 0.4) is 0 Å². The summed E-state index contributed by atoms with van der Waals surface area (Å²) in [6.07, 6.45) is 5.51. The van der Waals surface area contributed by atoms with Crippen molar-refractivity contribution in [3.8, 4) is 10.7 Å². The molecule has 1 N–H and O–H groups in total. The molecule has 0 fully saturated rings. The maximum atomic E-state index is 4.45. The molecule has 22 heavy (non-hydrogen) atoms. The molecule has 1 aromatic carbocycles. The Morgan fingerprint density at radius 2 is 2.18 bits per heavy atom. The number of benzene rings is 1. The molecule has 0 radical (unpaired) electrons. The summed E-state index contributed by atoms with van der Waals surface area (Å²) in [6, 6.07) is 8.46. The monoisotopic (exact) mass is 307 g/mol. The van der Waals surface area contributed by atoms with Crippen molar-refractivity contribution in [2.24, 2.45) is 4.99 Å². The molecule has 0 aliphatic heterocycles. The predicted octanol–water partition coefficient (Wildman–Crippen LogP) is 5.19. The lowest BCUT2D eigenvalue weighted by Crippen LogP contribution is -1.93. The summed E-state index contributed by atoms with van der Waals surface area (Å²) >= 11 is 1.63. The Morgan fingerprint density at radius 3 is 2.91 bits per heavy atom. The third kappa shape index (κ3) is 3.07. The molecule has 3 aromatic rings. The molecule has 0 atom stereocenters. The van der Waals surface area contributed by atoms with E-state index in [4.69, 9.17) is 0 Å². The number of H-pyrrole nitrogens is 1. The van der Waals surface area contributed by atoms with Crippen molar-refractivity contribution in [3.63, 3.8) is 0 Å². The van der Waals surface area contributed by atoms with E-state index < -0.39 is 0 Å². The third-order valence-electron chi connectivity index (χ3n) is 3.33. The van der Waals surface area contributed by atoms with Gasteiger partial charge in [-0.2, -0.15) is 0 Å². The average Bonchev–Trinajstić information content (AvgIpc) is 3.14. The van der Waals surface area contributed by atoms with E-state index in [1.54, 1.807) is 17.5 Å². The minimum absolute atomic E-state index is 0.977. The van der Waals surface area contributed by atoms with Gasteiger partial charge < -0.3 is 4.98 Å². The van der Waals surface area contributed by atoms with Crippen molar-refractivity contribution in [2.45, 2.75) is 13.8 Å². The van der Waals surface area contributed by atoms with Gasteiger partial charge in [-0.3, -0.25) is 4.99 Å². The Hall–Kier alpha value is -2.46. The number of fused-ring (bicyclic) bond motifs is 1. The lowest BCUT2D eigenvalue weighted by atomic mass is 10.1. The van der Waals surface area contributed by atoms with Gasteiger partial charge in [0.1, 0.15) is 5.01 Å². The van der Waals surface area contributed by atoms with Crippen LogP contribution in [0, 0.1) is 0 Å². The van der Waals surface area contributed by atoms with Crippen molar-refractivity contribution < 1.29 is 0 Å². The number of aromatic nitrogens is 2. The summed E-state index contributed by atoms with van der Waals surface area (Å²) in [4.78, 5) is 12.2. The highest BCUT2D eigenvalue weighted by molar-refractivity contribution is 7.13. The molecular weight excluding hydrogens is 290 g/mol. The van der Waals surface area contributed by atoms with Gasteiger partial charge in [-0.05, 0) is 37.6 Å². The Morgan fingerprint density at radius 1 is 1.32 bits per heavy atom. The zero-order valence-electron chi connectivity index (χ0n) is 12.6. The summed E-state index contributed by atoms with van der Waals surface area (Å²) in [5.41, 5.74) is 5.22. The SMILES string of the molecule is C=C(C)/C=C\N=C(C)c1ccc2cc(-c3nccs3)[nH]c2c1. The van der Waals surface area contributed by atoms with Crippen LogP contribution in [-0.4, -0.2) is 15.7 Å². The minimum Gasteiger partial charge on any atom is -0.353 e. The number of aliphatic imine (C=N–C) groups is 1. The van der Waals surface area contributed by atoms with Gasteiger partial charge in [0.05, 0.1) is 5.69 Å². The maximum Gasteiger partial charge on any atom is 0.139 e. The minimum atomic E-state index is 0.977. The number of hydrogen-bond donors (Lipinski definition) is 1. The molecular formula is C18H17N3S. The number of thiazole rings is 1. The van der Waals surface area contributed by atoms with Crippen LogP contribution >= 0.6 is 11.3 Å². The summed E-state index contributed by atoms with van der Waals surface area (Å²) in [7, 11) is 0.